The average molecular weight is 431 g/mol. The Morgan fingerprint density at radius 3 is 2.47 bits per heavy atom. The number of amides is 2. The van der Waals surface area contributed by atoms with Crippen molar-refractivity contribution in [2.24, 2.45) is 0 Å². The summed E-state index contributed by atoms with van der Waals surface area (Å²) in [7, 11) is 1.61. The van der Waals surface area contributed by atoms with Crippen LogP contribution in [0.2, 0.25) is 5.02 Å². The second kappa shape index (κ2) is 11.6. The van der Waals surface area contributed by atoms with E-state index >= 15 is 0 Å². The topological polar surface area (TPSA) is 58.6 Å². The van der Waals surface area contributed by atoms with E-state index in [1.807, 2.05) is 63.2 Å². The smallest absolute Gasteiger partial charge is 0.243 e. The van der Waals surface area contributed by atoms with Crippen molar-refractivity contribution < 1.29 is 14.3 Å². The van der Waals surface area contributed by atoms with Crippen LogP contribution in [0.1, 0.15) is 44.7 Å². The molecule has 1 N–H and O–H groups in total. The summed E-state index contributed by atoms with van der Waals surface area (Å²) < 4.78 is 5.31. The minimum atomic E-state index is -0.569. The van der Waals surface area contributed by atoms with Crippen LogP contribution >= 0.6 is 11.6 Å². The summed E-state index contributed by atoms with van der Waals surface area (Å²) in [5, 5.41) is 3.56. The maximum atomic E-state index is 13.3. The first-order valence-corrected chi connectivity index (χ1v) is 10.7. The molecule has 0 spiro atoms. The van der Waals surface area contributed by atoms with Crippen LogP contribution in [0.5, 0.6) is 5.75 Å². The first kappa shape index (κ1) is 23.7. The molecule has 2 amide bonds. The van der Waals surface area contributed by atoms with Gasteiger partial charge in [0.1, 0.15) is 11.8 Å². The normalized spacial score (nSPS) is 12.7. The number of rotatable bonds is 10. The third-order valence-electron chi connectivity index (χ3n) is 5.17. The molecule has 0 heterocycles. The summed E-state index contributed by atoms with van der Waals surface area (Å²) in [5.41, 5.74) is 1.65. The zero-order valence-electron chi connectivity index (χ0n) is 18.2. The van der Waals surface area contributed by atoms with E-state index in [1.165, 1.54) is 0 Å². The van der Waals surface area contributed by atoms with E-state index in [4.69, 9.17) is 16.3 Å². The van der Waals surface area contributed by atoms with Gasteiger partial charge in [0.15, 0.2) is 0 Å². The van der Waals surface area contributed by atoms with Gasteiger partial charge in [0.2, 0.25) is 11.8 Å². The van der Waals surface area contributed by atoms with Crippen LogP contribution < -0.4 is 10.1 Å². The number of carbonyl (C=O) groups excluding carboxylic acids is 2. The molecule has 2 atom stereocenters. The van der Waals surface area contributed by atoms with Crippen molar-refractivity contribution in [3.8, 4) is 5.75 Å². The molecule has 0 aliphatic rings. The minimum absolute atomic E-state index is 0.0453. The summed E-state index contributed by atoms with van der Waals surface area (Å²) >= 11 is 6.27. The Bertz CT molecular complexity index is 856. The van der Waals surface area contributed by atoms with Crippen molar-refractivity contribution in [2.45, 2.75) is 58.7 Å². The number of hydrogen-bond donors (Lipinski definition) is 1. The summed E-state index contributed by atoms with van der Waals surface area (Å²) in [5.74, 6) is 0.433. The minimum Gasteiger partial charge on any atom is -0.497 e. The quantitative estimate of drug-likeness (QED) is 0.598. The highest BCUT2D eigenvalue weighted by molar-refractivity contribution is 6.31. The van der Waals surface area contributed by atoms with Crippen LogP contribution in [-0.2, 0) is 22.6 Å². The number of hydrogen-bond acceptors (Lipinski definition) is 3. The van der Waals surface area contributed by atoms with Crippen molar-refractivity contribution in [2.75, 3.05) is 7.11 Å². The number of nitrogens with one attached hydrogen (secondary N) is 1. The lowest BCUT2D eigenvalue weighted by Crippen LogP contribution is -2.51. The fourth-order valence-electron chi connectivity index (χ4n) is 3.23. The van der Waals surface area contributed by atoms with Crippen LogP contribution in [0.15, 0.2) is 48.5 Å². The van der Waals surface area contributed by atoms with Gasteiger partial charge in [0, 0.05) is 17.6 Å². The van der Waals surface area contributed by atoms with E-state index < -0.39 is 6.04 Å². The van der Waals surface area contributed by atoms with Gasteiger partial charge in [-0.1, -0.05) is 55.8 Å². The molecule has 0 aliphatic heterocycles. The largest absolute Gasteiger partial charge is 0.497 e. The molecule has 0 fully saturated rings. The average Bonchev–Trinajstić information content (AvgIpc) is 2.75. The first-order chi connectivity index (χ1) is 14.4. The van der Waals surface area contributed by atoms with E-state index in [0.717, 1.165) is 17.5 Å². The van der Waals surface area contributed by atoms with Crippen molar-refractivity contribution >= 4 is 23.4 Å². The fourth-order valence-corrected chi connectivity index (χ4v) is 3.44. The summed E-state index contributed by atoms with van der Waals surface area (Å²) in [6.07, 6.45) is 1.48. The van der Waals surface area contributed by atoms with E-state index in [2.05, 4.69) is 5.32 Å². The Balaban J connectivity index is 2.33. The van der Waals surface area contributed by atoms with Gasteiger partial charge in [-0.2, -0.15) is 0 Å². The monoisotopic (exact) mass is 430 g/mol. The standard InChI is InChI=1S/C24H31ClN2O3/c1-5-17(3)26-24(29)22(6-2)27(16-18-10-9-12-20(14-18)30-4)23(28)15-19-11-7-8-13-21(19)25/h7-14,17,22H,5-6,15-16H2,1-4H3,(H,26,29)/t17-,22-/m1/s1. The molecule has 0 radical (unpaired) electrons. The van der Waals surface area contributed by atoms with E-state index in [1.54, 1.807) is 18.1 Å². The van der Waals surface area contributed by atoms with E-state index in [0.29, 0.717) is 23.7 Å². The molecule has 2 aromatic carbocycles. The van der Waals surface area contributed by atoms with Gasteiger partial charge in [-0.05, 0) is 49.1 Å². The molecule has 162 valence electrons. The van der Waals surface area contributed by atoms with Gasteiger partial charge in [-0.25, -0.2) is 0 Å². The van der Waals surface area contributed by atoms with Gasteiger partial charge in [0.25, 0.3) is 0 Å². The second-order valence-corrected chi connectivity index (χ2v) is 7.79. The zero-order chi connectivity index (χ0) is 22.1. The lowest BCUT2D eigenvalue weighted by Gasteiger charge is -2.31. The predicted molar refractivity (Wildman–Crippen MR) is 121 cm³/mol. The third-order valence-corrected chi connectivity index (χ3v) is 5.54. The van der Waals surface area contributed by atoms with E-state index in [9.17, 15) is 9.59 Å². The third kappa shape index (κ3) is 6.49. The molecule has 2 rings (SSSR count). The Kier molecular flexibility index (Phi) is 9.18. The SMILES string of the molecule is CC[C@@H](C)NC(=O)[C@@H](CC)N(Cc1cccc(OC)c1)C(=O)Cc1ccccc1Cl. The Morgan fingerprint density at radius 1 is 1.10 bits per heavy atom. The van der Waals surface area contributed by atoms with Gasteiger partial charge in [-0.3, -0.25) is 9.59 Å². The number of benzene rings is 2. The van der Waals surface area contributed by atoms with Crippen molar-refractivity contribution in [1.82, 2.24) is 10.2 Å². The first-order valence-electron chi connectivity index (χ1n) is 10.4. The Morgan fingerprint density at radius 2 is 1.83 bits per heavy atom. The van der Waals surface area contributed by atoms with Gasteiger partial charge in [-0.15, -0.1) is 0 Å². The van der Waals surface area contributed by atoms with Crippen LogP contribution in [0.3, 0.4) is 0 Å². The van der Waals surface area contributed by atoms with Crippen molar-refractivity contribution in [3.63, 3.8) is 0 Å². The maximum absolute atomic E-state index is 13.3. The predicted octanol–water partition coefficient (Wildman–Crippen LogP) is 4.61. The molecule has 0 saturated heterocycles. The van der Waals surface area contributed by atoms with E-state index in [-0.39, 0.29) is 24.3 Å². The Hall–Kier alpha value is -2.53. The summed E-state index contributed by atoms with van der Waals surface area (Å²) in [6, 6.07) is 14.3. The van der Waals surface area contributed by atoms with Gasteiger partial charge in [0.05, 0.1) is 13.5 Å². The van der Waals surface area contributed by atoms with Gasteiger partial charge < -0.3 is 15.0 Å². The molecule has 6 heteroatoms. The number of carbonyl (C=O) groups is 2. The molecular formula is C24H31ClN2O3. The summed E-state index contributed by atoms with van der Waals surface area (Å²) in [6.45, 7) is 6.21. The zero-order valence-corrected chi connectivity index (χ0v) is 18.9. The number of nitrogens with zero attached hydrogens (tertiary/aromatic N) is 1. The molecule has 0 aliphatic carbocycles. The number of ether oxygens (including phenoxy) is 1. The van der Waals surface area contributed by atoms with Crippen molar-refractivity contribution in [1.29, 1.82) is 0 Å². The van der Waals surface area contributed by atoms with Crippen LogP contribution in [0.4, 0.5) is 0 Å². The molecule has 5 nitrogen and oxygen atoms in total. The van der Waals surface area contributed by atoms with Gasteiger partial charge >= 0.3 is 0 Å². The maximum Gasteiger partial charge on any atom is 0.243 e. The second-order valence-electron chi connectivity index (χ2n) is 7.38. The molecule has 30 heavy (non-hydrogen) atoms. The number of halogens is 1. The molecule has 0 saturated carbocycles. The molecule has 2 aromatic rings. The lowest BCUT2D eigenvalue weighted by atomic mass is 10.1. The van der Waals surface area contributed by atoms with Crippen LogP contribution in [-0.4, -0.2) is 35.9 Å². The Labute approximate surface area is 184 Å². The van der Waals surface area contributed by atoms with Crippen molar-refractivity contribution in [3.05, 3.63) is 64.7 Å². The summed E-state index contributed by atoms with van der Waals surface area (Å²) in [4.78, 5) is 28.0. The lowest BCUT2D eigenvalue weighted by molar-refractivity contribution is -0.141. The van der Waals surface area contributed by atoms with Crippen LogP contribution in [0.25, 0.3) is 0 Å². The van der Waals surface area contributed by atoms with Crippen LogP contribution in [0, 0.1) is 0 Å². The fraction of sp³-hybridized carbons (Fsp3) is 0.417. The highest BCUT2D eigenvalue weighted by Gasteiger charge is 2.29. The molecular weight excluding hydrogens is 400 g/mol. The highest BCUT2D eigenvalue weighted by Crippen LogP contribution is 2.21. The molecule has 0 bridgehead atoms. The highest BCUT2D eigenvalue weighted by atomic mass is 35.5. The molecule has 0 aromatic heterocycles. The number of methoxy groups -OCH3 is 1. The molecule has 0 unspecified atom stereocenters.